The molecule has 0 spiro atoms. The van der Waals surface area contributed by atoms with E-state index >= 15 is 0 Å². The molecule has 14 heteroatoms. The number of amides is 1. The van der Waals surface area contributed by atoms with Crippen molar-refractivity contribution < 1.29 is 64.6 Å². The molecule has 2 aliphatic heterocycles. The maximum Gasteiger partial charge on any atom is 0.220 e. The van der Waals surface area contributed by atoms with Crippen molar-refractivity contribution in [2.75, 3.05) is 19.8 Å². The van der Waals surface area contributed by atoms with Gasteiger partial charge in [0.15, 0.2) is 12.6 Å². The Morgan fingerprint density at radius 2 is 0.805 bits per heavy atom. The average Bonchev–Trinajstić information content (AvgIpc) is 2.33. The third-order valence-electron chi connectivity index (χ3n) is 15.9. The Kier molecular flexibility index (Phi) is 51.5. The standard InChI is InChI=1S/C73H123NO13/c1-3-5-7-9-11-13-15-17-19-21-23-25-27-28-29-30-31-32-33-34-35-37-39-41-43-45-47-49-51-53-55-57-65(78)74-61(60-84-72-70(83)68(81)71(64(59-76)86-72)87-73-69(82)67(80)66(79)63(58-75)85-73)62(77)56-54-52-50-48-46-44-42-40-38-36-26-24-22-20-18-16-14-12-10-8-6-4-2/h5,7,11,13,17,19,23,25,28-29,31-32,34-35,38,40,46,48,54,56,61-64,66-73,75-77,79-83H,3-4,6,8-10,12,14-16,18,20-22,24,26-27,30,33,36-37,39,41-45,47,49-53,55,57-60H2,1-2H3,(H,74,78)/b7-5-,13-11-,19-17-,25-23-,29-28-,32-31-,35-34-,40-38+,48-46+,56-54+. The Morgan fingerprint density at radius 3 is 1.26 bits per heavy atom. The van der Waals surface area contributed by atoms with Gasteiger partial charge >= 0.3 is 0 Å². The molecule has 0 aliphatic carbocycles. The van der Waals surface area contributed by atoms with E-state index < -0.39 is 86.8 Å². The number of hydrogen-bond donors (Lipinski definition) is 9. The first-order chi connectivity index (χ1) is 42.6. The third kappa shape index (κ3) is 40.7. The molecule has 0 bridgehead atoms. The van der Waals surface area contributed by atoms with Crippen molar-refractivity contribution in [1.82, 2.24) is 5.32 Å². The zero-order valence-electron chi connectivity index (χ0n) is 54.0. The summed E-state index contributed by atoms with van der Waals surface area (Å²) in [7, 11) is 0. The van der Waals surface area contributed by atoms with Gasteiger partial charge in [-0.2, -0.15) is 0 Å². The molecule has 0 aromatic heterocycles. The van der Waals surface area contributed by atoms with Crippen LogP contribution in [0.25, 0.3) is 0 Å². The first-order valence-corrected chi connectivity index (χ1v) is 34.3. The molecule has 2 aliphatic rings. The smallest absolute Gasteiger partial charge is 0.220 e. The first kappa shape index (κ1) is 79.5. The second-order valence-corrected chi connectivity index (χ2v) is 23.5. The van der Waals surface area contributed by atoms with Crippen LogP contribution in [0.3, 0.4) is 0 Å². The lowest BCUT2D eigenvalue weighted by Gasteiger charge is -2.46. The molecule has 1 amide bonds. The number of unbranched alkanes of at least 4 members (excludes halogenated alkanes) is 23. The summed E-state index contributed by atoms with van der Waals surface area (Å²) < 4.78 is 22.8. The van der Waals surface area contributed by atoms with E-state index in [0.29, 0.717) is 12.8 Å². The van der Waals surface area contributed by atoms with Crippen molar-refractivity contribution >= 4 is 5.91 Å². The Labute approximate surface area is 527 Å². The van der Waals surface area contributed by atoms with Crippen LogP contribution in [0, 0.1) is 0 Å². The predicted molar refractivity (Wildman–Crippen MR) is 355 cm³/mol. The van der Waals surface area contributed by atoms with Crippen molar-refractivity contribution in [3.05, 3.63) is 122 Å². The van der Waals surface area contributed by atoms with Crippen LogP contribution in [0.15, 0.2) is 122 Å². The van der Waals surface area contributed by atoms with Gasteiger partial charge < -0.3 is 65.1 Å². The highest BCUT2D eigenvalue weighted by Crippen LogP contribution is 2.30. The van der Waals surface area contributed by atoms with Gasteiger partial charge in [0.05, 0.1) is 32.0 Å². The lowest BCUT2D eigenvalue weighted by molar-refractivity contribution is -0.359. The maximum absolute atomic E-state index is 13.3. The van der Waals surface area contributed by atoms with Crippen LogP contribution in [0.1, 0.15) is 239 Å². The molecular weight excluding hydrogens is 1100 g/mol. The second kappa shape index (κ2) is 56.4. The molecule has 0 saturated carbocycles. The van der Waals surface area contributed by atoms with Gasteiger partial charge in [-0.15, -0.1) is 0 Å². The van der Waals surface area contributed by atoms with Crippen molar-refractivity contribution in [1.29, 1.82) is 0 Å². The minimum absolute atomic E-state index is 0.255. The molecule has 0 aromatic carbocycles. The van der Waals surface area contributed by atoms with E-state index in [1.54, 1.807) is 6.08 Å². The molecule has 12 unspecified atom stereocenters. The number of rotatable bonds is 54. The number of nitrogens with one attached hydrogen (secondary N) is 1. The van der Waals surface area contributed by atoms with E-state index in [4.69, 9.17) is 18.9 Å². The molecule has 498 valence electrons. The maximum atomic E-state index is 13.3. The van der Waals surface area contributed by atoms with E-state index in [-0.39, 0.29) is 18.9 Å². The van der Waals surface area contributed by atoms with E-state index in [9.17, 15) is 45.6 Å². The number of aliphatic hydroxyl groups excluding tert-OH is 8. The highest BCUT2D eigenvalue weighted by atomic mass is 16.7. The van der Waals surface area contributed by atoms with Crippen molar-refractivity contribution in [3.63, 3.8) is 0 Å². The fraction of sp³-hybridized carbons (Fsp3) is 0.712. The zero-order valence-corrected chi connectivity index (χ0v) is 54.0. The average molecular weight is 1220 g/mol. The Hall–Kier alpha value is -3.61. The summed E-state index contributed by atoms with van der Waals surface area (Å²) in [4.78, 5) is 13.3. The predicted octanol–water partition coefficient (Wildman–Crippen LogP) is 13.7. The molecule has 14 nitrogen and oxygen atoms in total. The zero-order chi connectivity index (χ0) is 63.1. The fourth-order valence-electron chi connectivity index (χ4n) is 10.4. The molecule has 0 radical (unpaired) electrons. The SMILES string of the molecule is CC/C=C\C/C=C\C/C=C\C/C=C\C/C=C\C/C=C\C/C=C\CCCCCCCCCCCC(=O)NC(COC1OC(CO)C(OC2OC(CO)C(O)C(O)C2O)C(O)C1O)C(O)/C=C/CC/C=C/CC/C=C/CCCCCCCCCCCCCC. The summed E-state index contributed by atoms with van der Waals surface area (Å²) in [6.07, 6.45) is 65.2. The lowest BCUT2D eigenvalue weighted by atomic mass is 9.97. The number of aliphatic hydroxyl groups is 8. The molecule has 2 saturated heterocycles. The van der Waals surface area contributed by atoms with Crippen LogP contribution in [0.4, 0.5) is 0 Å². The van der Waals surface area contributed by atoms with E-state index in [1.165, 1.54) is 103 Å². The molecule has 2 rings (SSSR count). The first-order valence-electron chi connectivity index (χ1n) is 34.3. The van der Waals surface area contributed by atoms with E-state index in [2.05, 4.69) is 129 Å². The quantitative estimate of drug-likeness (QED) is 0.0204. The minimum atomic E-state index is -1.80. The largest absolute Gasteiger partial charge is 0.394 e. The monoisotopic (exact) mass is 1220 g/mol. The van der Waals surface area contributed by atoms with Crippen molar-refractivity contribution in [3.8, 4) is 0 Å². The minimum Gasteiger partial charge on any atom is -0.394 e. The summed E-state index contributed by atoms with van der Waals surface area (Å²) in [5.41, 5.74) is 0. The van der Waals surface area contributed by atoms with Crippen molar-refractivity contribution in [2.24, 2.45) is 0 Å². The van der Waals surface area contributed by atoms with Crippen molar-refractivity contribution in [2.45, 2.75) is 312 Å². The van der Waals surface area contributed by atoms with E-state index in [0.717, 1.165) is 103 Å². The molecular formula is C73H123NO13. The molecule has 12 atom stereocenters. The summed E-state index contributed by atoms with van der Waals surface area (Å²) in [6, 6.07) is -0.951. The summed E-state index contributed by atoms with van der Waals surface area (Å²) in [6.45, 7) is 2.66. The van der Waals surface area contributed by atoms with Crippen LogP contribution in [-0.4, -0.2) is 140 Å². The number of allylic oxidation sites excluding steroid dienone is 19. The van der Waals surface area contributed by atoms with Gasteiger partial charge in [0.25, 0.3) is 0 Å². The summed E-state index contributed by atoms with van der Waals surface area (Å²) >= 11 is 0. The fourth-order valence-corrected chi connectivity index (χ4v) is 10.4. The van der Waals surface area contributed by atoms with Gasteiger partial charge in [0, 0.05) is 6.42 Å². The van der Waals surface area contributed by atoms with E-state index in [1.807, 2.05) is 6.08 Å². The molecule has 2 heterocycles. The molecule has 87 heavy (non-hydrogen) atoms. The summed E-state index contributed by atoms with van der Waals surface area (Å²) in [5.74, 6) is -0.264. The van der Waals surface area contributed by atoms with Gasteiger partial charge in [-0.1, -0.05) is 251 Å². The van der Waals surface area contributed by atoms with Crippen LogP contribution >= 0.6 is 0 Å². The number of carbonyl (C=O) groups is 1. The van der Waals surface area contributed by atoms with Crippen LogP contribution in [-0.2, 0) is 23.7 Å². The Bertz CT molecular complexity index is 1920. The van der Waals surface area contributed by atoms with Gasteiger partial charge in [0.1, 0.15) is 48.8 Å². The Morgan fingerprint density at radius 1 is 0.425 bits per heavy atom. The van der Waals surface area contributed by atoms with Gasteiger partial charge in [0.2, 0.25) is 5.91 Å². The normalized spacial score (nSPS) is 24.1. The number of carbonyl (C=O) groups excluding carboxylic acids is 1. The highest BCUT2D eigenvalue weighted by molar-refractivity contribution is 5.76. The highest BCUT2D eigenvalue weighted by Gasteiger charge is 2.51. The Balaban J connectivity index is 1.72. The van der Waals surface area contributed by atoms with Crippen LogP contribution < -0.4 is 5.32 Å². The van der Waals surface area contributed by atoms with Gasteiger partial charge in [-0.3, -0.25) is 4.79 Å². The topological polar surface area (TPSA) is 228 Å². The summed E-state index contributed by atoms with van der Waals surface area (Å²) in [5, 5.41) is 87.4. The van der Waals surface area contributed by atoms with Gasteiger partial charge in [-0.25, -0.2) is 0 Å². The van der Waals surface area contributed by atoms with Crippen LogP contribution in [0.5, 0.6) is 0 Å². The third-order valence-corrected chi connectivity index (χ3v) is 15.9. The number of hydrogen-bond acceptors (Lipinski definition) is 13. The molecule has 9 N–H and O–H groups in total. The van der Waals surface area contributed by atoms with Crippen LogP contribution in [0.2, 0.25) is 0 Å². The lowest BCUT2D eigenvalue weighted by Crippen LogP contribution is -2.65. The molecule has 0 aromatic rings. The molecule has 2 fully saturated rings. The number of ether oxygens (including phenoxy) is 4. The second-order valence-electron chi connectivity index (χ2n) is 23.5. The van der Waals surface area contributed by atoms with Gasteiger partial charge in [-0.05, 0) is 103 Å².